The van der Waals surface area contributed by atoms with Crippen molar-refractivity contribution in [2.24, 2.45) is 5.92 Å². The molecule has 21 heavy (non-hydrogen) atoms. The van der Waals surface area contributed by atoms with Crippen LogP contribution in [-0.2, 0) is 11.2 Å². The van der Waals surface area contributed by atoms with Gasteiger partial charge in [0.1, 0.15) is 11.6 Å². The Bertz CT molecular complexity index is 473. The molecule has 1 aromatic rings. The van der Waals surface area contributed by atoms with E-state index in [0.29, 0.717) is 12.5 Å². The number of nitrogens with one attached hydrogen (secondary N) is 2. The van der Waals surface area contributed by atoms with Gasteiger partial charge in [0.05, 0.1) is 0 Å². The molecule has 116 valence electrons. The number of piperidine rings is 1. The Morgan fingerprint density at radius 2 is 2.24 bits per heavy atom. The molecule has 1 aliphatic heterocycles. The van der Waals surface area contributed by atoms with Crippen molar-refractivity contribution >= 4 is 5.91 Å². The van der Waals surface area contributed by atoms with E-state index in [0.717, 1.165) is 37.7 Å². The fourth-order valence-corrected chi connectivity index (χ4v) is 2.66. The molecule has 0 radical (unpaired) electrons. The minimum atomic E-state index is -0.475. The summed E-state index contributed by atoms with van der Waals surface area (Å²) in [6, 6.07) is 3.33. The van der Waals surface area contributed by atoms with E-state index in [1.807, 2.05) is 0 Å². The Kier molecular flexibility index (Phi) is 6.11. The van der Waals surface area contributed by atoms with E-state index >= 15 is 0 Å². The first-order chi connectivity index (χ1) is 10.1. The van der Waals surface area contributed by atoms with Crippen LogP contribution in [0.4, 0.5) is 8.78 Å². The summed E-state index contributed by atoms with van der Waals surface area (Å²) in [5, 5.41) is 6.19. The summed E-state index contributed by atoms with van der Waals surface area (Å²) in [5.41, 5.74) is 0.252. The first-order valence-corrected chi connectivity index (χ1v) is 7.56. The van der Waals surface area contributed by atoms with Crippen molar-refractivity contribution in [1.82, 2.24) is 10.6 Å². The molecule has 1 fully saturated rings. The molecule has 0 saturated carbocycles. The maximum Gasteiger partial charge on any atom is 0.220 e. The van der Waals surface area contributed by atoms with Crippen molar-refractivity contribution in [2.75, 3.05) is 19.6 Å². The minimum absolute atomic E-state index is 0.109. The molecule has 1 saturated heterocycles. The SMILES string of the molecule is O=C(CCc1cc(F)ccc1F)NCCC1CCCNC1. The van der Waals surface area contributed by atoms with E-state index in [-0.39, 0.29) is 24.3 Å². The zero-order valence-electron chi connectivity index (χ0n) is 12.1. The summed E-state index contributed by atoms with van der Waals surface area (Å²) in [6.07, 6.45) is 3.77. The Hall–Kier alpha value is -1.49. The van der Waals surface area contributed by atoms with Gasteiger partial charge in [-0.1, -0.05) is 0 Å². The molecule has 0 aromatic heterocycles. The van der Waals surface area contributed by atoms with E-state index in [2.05, 4.69) is 10.6 Å². The summed E-state index contributed by atoms with van der Waals surface area (Å²) < 4.78 is 26.4. The summed E-state index contributed by atoms with van der Waals surface area (Å²) in [5.74, 6) is -0.420. The molecule has 2 rings (SSSR count). The standard InChI is InChI=1S/C16H22F2N2O/c17-14-4-5-15(18)13(10-14)3-6-16(21)20-9-7-12-2-1-8-19-11-12/h4-5,10,12,19H,1-3,6-9,11H2,(H,20,21). The first-order valence-electron chi connectivity index (χ1n) is 7.56. The Labute approximate surface area is 124 Å². The molecule has 2 N–H and O–H groups in total. The molecule has 0 spiro atoms. The van der Waals surface area contributed by atoms with Crippen LogP contribution in [0.1, 0.15) is 31.2 Å². The van der Waals surface area contributed by atoms with Crippen molar-refractivity contribution in [3.05, 3.63) is 35.4 Å². The van der Waals surface area contributed by atoms with Gasteiger partial charge in [-0.2, -0.15) is 0 Å². The van der Waals surface area contributed by atoms with Crippen LogP contribution in [0.15, 0.2) is 18.2 Å². The van der Waals surface area contributed by atoms with Crippen molar-refractivity contribution in [3.63, 3.8) is 0 Å². The van der Waals surface area contributed by atoms with Crippen LogP contribution in [0.2, 0.25) is 0 Å². The Morgan fingerprint density at radius 1 is 1.38 bits per heavy atom. The molecule has 5 heteroatoms. The highest BCUT2D eigenvalue weighted by molar-refractivity contribution is 5.76. The predicted molar refractivity (Wildman–Crippen MR) is 77.9 cm³/mol. The molecule has 1 atom stereocenters. The number of carbonyl (C=O) groups is 1. The lowest BCUT2D eigenvalue weighted by Gasteiger charge is -2.22. The second-order valence-corrected chi connectivity index (χ2v) is 5.59. The van der Waals surface area contributed by atoms with Gasteiger partial charge in [0.15, 0.2) is 0 Å². The third-order valence-corrected chi connectivity index (χ3v) is 3.90. The molecular formula is C16H22F2N2O. The van der Waals surface area contributed by atoms with Crippen molar-refractivity contribution in [3.8, 4) is 0 Å². The normalized spacial score (nSPS) is 18.5. The summed E-state index contributed by atoms with van der Waals surface area (Å²) in [4.78, 5) is 11.7. The smallest absolute Gasteiger partial charge is 0.220 e. The molecule has 1 aromatic carbocycles. The van der Waals surface area contributed by atoms with Gasteiger partial charge in [-0.15, -0.1) is 0 Å². The van der Waals surface area contributed by atoms with Crippen LogP contribution in [0, 0.1) is 17.6 Å². The van der Waals surface area contributed by atoms with Crippen molar-refractivity contribution in [1.29, 1.82) is 0 Å². The Morgan fingerprint density at radius 3 is 3.00 bits per heavy atom. The fraction of sp³-hybridized carbons (Fsp3) is 0.562. The third kappa shape index (κ3) is 5.42. The van der Waals surface area contributed by atoms with Gasteiger partial charge in [-0.05, 0) is 68.5 Å². The largest absolute Gasteiger partial charge is 0.356 e. The highest BCUT2D eigenvalue weighted by Crippen LogP contribution is 2.13. The predicted octanol–water partition coefficient (Wildman–Crippen LogP) is 2.40. The molecular weight excluding hydrogens is 274 g/mol. The van der Waals surface area contributed by atoms with Crippen LogP contribution in [0.25, 0.3) is 0 Å². The van der Waals surface area contributed by atoms with Crippen LogP contribution >= 0.6 is 0 Å². The number of rotatable bonds is 6. The van der Waals surface area contributed by atoms with Gasteiger partial charge in [-0.25, -0.2) is 8.78 Å². The zero-order valence-corrected chi connectivity index (χ0v) is 12.1. The number of benzene rings is 1. The lowest BCUT2D eigenvalue weighted by molar-refractivity contribution is -0.121. The second-order valence-electron chi connectivity index (χ2n) is 5.59. The molecule has 0 aliphatic carbocycles. The molecule has 1 aliphatic rings. The lowest BCUT2D eigenvalue weighted by atomic mass is 9.96. The summed E-state index contributed by atoms with van der Waals surface area (Å²) in [7, 11) is 0. The second kappa shape index (κ2) is 8.08. The van der Waals surface area contributed by atoms with E-state index in [9.17, 15) is 13.6 Å². The molecule has 0 bridgehead atoms. The molecule has 1 amide bonds. The minimum Gasteiger partial charge on any atom is -0.356 e. The number of hydrogen-bond donors (Lipinski definition) is 2. The van der Waals surface area contributed by atoms with E-state index in [4.69, 9.17) is 0 Å². The zero-order chi connectivity index (χ0) is 15.1. The third-order valence-electron chi connectivity index (χ3n) is 3.90. The fourth-order valence-electron chi connectivity index (χ4n) is 2.66. The lowest BCUT2D eigenvalue weighted by Crippen LogP contribution is -2.33. The van der Waals surface area contributed by atoms with Crippen LogP contribution < -0.4 is 10.6 Å². The van der Waals surface area contributed by atoms with Gasteiger partial charge >= 0.3 is 0 Å². The van der Waals surface area contributed by atoms with Crippen LogP contribution in [0.5, 0.6) is 0 Å². The average molecular weight is 296 g/mol. The molecule has 3 nitrogen and oxygen atoms in total. The van der Waals surface area contributed by atoms with Crippen LogP contribution in [0.3, 0.4) is 0 Å². The van der Waals surface area contributed by atoms with Gasteiger partial charge in [0, 0.05) is 13.0 Å². The number of hydrogen-bond acceptors (Lipinski definition) is 2. The van der Waals surface area contributed by atoms with Crippen molar-refractivity contribution in [2.45, 2.75) is 32.1 Å². The van der Waals surface area contributed by atoms with Crippen molar-refractivity contribution < 1.29 is 13.6 Å². The average Bonchev–Trinajstić information content (AvgIpc) is 2.49. The number of carbonyl (C=O) groups excluding carboxylic acids is 1. The highest BCUT2D eigenvalue weighted by Gasteiger charge is 2.13. The number of amides is 1. The Balaban J connectivity index is 1.66. The van der Waals surface area contributed by atoms with E-state index in [1.54, 1.807) is 0 Å². The topological polar surface area (TPSA) is 41.1 Å². The summed E-state index contributed by atoms with van der Waals surface area (Å²) >= 11 is 0. The maximum absolute atomic E-state index is 13.4. The summed E-state index contributed by atoms with van der Waals surface area (Å²) in [6.45, 7) is 2.75. The quantitative estimate of drug-likeness (QED) is 0.846. The van der Waals surface area contributed by atoms with Gasteiger partial charge in [0.25, 0.3) is 0 Å². The monoisotopic (exact) mass is 296 g/mol. The molecule has 1 heterocycles. The number of aryl methyl sites for hydroxylation is 1. The van der Waals surface area contributed by atoms with E-state index < -0.39 is 11.6 Å². The van der Waals surface area contributed by atoms with Gasteiger partial charge in [0.2, 0.25) is 5.91 Å². The van der Waals surface area contributed by atoms with E-state index in [1.165, 1.54) is 12.8 Å². The van der Waals surface area contributed by atoms with Crippen LogP contribution in [-0.4, -0.2) is 25.5 Å². The number of halogens is 2. The van der Waals surface area contributed by atoms with Gasteiger partial charge < -0.3 is 10.6 Å². The first kappa shape index (κ1) is 15.9. The highest BCUT2D eigenvalue weighted by atomic mass is 19.1. The van der Waals surface area contributed by atoms with Gasteiger partial charge in [-0.3, -0.25) is 4.79 Å². The maximum atomic E-state index is 13.4. The molecule has 1 unspecified atom stereocenters.